The van der Waals surface area contributed by atoms with Gasteiger partial charge in [-0.1, -0.05) is 23.7 Å². The number of ether oxygens (including phenoxy) is 1. The summed E-state index contributed by atoms with van der Waals surface area (Å²) in [6.45, 7) is 4.06. The standard InChI is InChI=1S/C18H17ClN2O2/c1-3-23-16-10-8-15(9-11-16)21-17(22)18(2,12-20)13-4-6-14(19)7-5-13/h4-11H,3H2,1-2H3,(H,21,22)/t18-/m1/s1. The second-order valence-corrected chi connectivity index (χ2v) is 5.59. The molecular weight excluding hydrogens is 312 g/mol. The Bertz CT molecular complexity index is 720. The molecule has 0 spiro atoms. The number of nitrogens with one attached hydrogen (secondary N) is 1. The SMILES string of the molecule is CCOc1ccc(NC(=O)[C@](C)(C#N)c2ccc(Cl)cc2)cc1. The van der Waals surface area contributed by atoms with E-state index < -0.39 is 11.3 Å². The number of hydrogen-bond donors (Lipinski definition) is 1. The summed E-state index contributed by atoms with van der Waals surface area (Å²) in [7, 11) is 0. The highest BCUT2D eigenvalue weighted by Gasteiger charge is 2.35. The van der Waals surface area contributed by atoms with Gasteiger partial charge in [-0.25, -0.2) is 0 Å². The van der Waals surface area contributed by atoms with Crippen LogP contribution in [-0.4, -0.2) is 12.5 Å². The van der Waals surface area contributed by atoms with Crippen LogP contribution in [-0.2, 0) is 10.2 Å². The minimum absolute atomic E-state index is 0.397. The van der Waals surface area contributed by atoms with Crippen molar-refractivity contribution in [2.75, 3.05) is 11.9 Å². The summed E-state index contributed by atoms with van der Waals surface area (Å²) in [6.07, 6.45) is 0. The maximum Gasteiger partial charge on any atom is 0.249 e. The lowest BCUT2D eigenvalue weighted by Crippen LogP contribution is -2.36. The fraction of sp³-hybridized carbons (Fsp3) is 0.222. The van der Waals surface area contributed by atoms with Gasteiger partial charge in [0.1, 0.15) is 5.75 Å². The van der Waals surface area contributed by atoms with Crippen molar-refractivity contribution in [2.24, 2.45) is 0 Å². The number of rotatable bonds is 5. The average Bonchev–Trinajstić information content (AvgIpc) is 2.56. The molecule has 0 heterocycles. The van der Waals surface area contributed by atoms with Crippen LogP contribution < -0.4 is 10.1 Å². The second-order valence-electron chi connectivity index (χ2n) is 5.16. The third kappa shape index (κ3) is 3.82. The van der Waals surface area contributed by atoms with Gasteiger partial charge in [-0.05, 0) is 55.8 Å². The minimum atomic E-state index is -1.30. The highest BCUT2D eigenvalue weighted by atomic mass is 35.5. The number of carbonyl (C=O) groups is 1. The Kier molecular flexibility index (Phi) is 5.25. The van der Waals surface area contributed by atoms with Gasteiger partial charge in [0.15, 0.2) is 5.41 Å². The van der Waals surface area contributed by atoms with E-state index in [1.807, 2.05) is 6.92 Å². The zero-order valence-electron chi connectivity index (χ0n) is 13.0. The largest absolute Gasteiger partial charge is 0.494 e. The van der Waals surface area contributed by atoms with Gasteiger partial charge in [-0.3, -0.25) is 4.79 Å². The molecule has 0 radical (unpaired) electrons. The maximum atomic E-state index is 12.6. The first-order chi connectivity index (χ1) is 11.0. The maximum absolute atomic E-state index is 12.6. The van der Waals surface area contributed by atoms with Crippen molar-refractivity contribution < 1.29 is 9.53 Å². The van der Waals surface area contributed by atoms with Gasteiger partial charge in [-0.2, -0.15) is 5.26 Å². The fourth-order valence-corrected chi connectivity index (χ4v) is 2.21. The van der Waals surface area contributed by atoms with E-state index in [4.69, 9.17) is 16.3 Å². The topological polar surface area (TPSA) is 62.1 Å². The van der Waals surface area contributed by atoms with Crippen molar-refractivity contribution in [1.29, 1.82) is 5.26 Å². The highest BCUT2D eigenvalue weighted by Crippen LogP contribution is 2.27. The van der Waals surface area contributed by atoms with Gasteiger partial charge in [0.2, 0.25) is 5.91 Å². The molecule has 4 nitrogen and oxygen atoms in total. The Balaban J connectivity index is 2.19. The summed E-state index contributed by atoms with van der Waals surface area (Å²) in [5.41, 5.74) is -0.106. The fourth-order valence-electron chi connectivity index (χ4n) is 2.09. The first kappa shape index (κ1) is 16.9. The molecule has 118 valence electrons. The van der Waals surface area contributed by atoms with Crippen LogP contribution in [0.15, 0.2) is 48.5 Å². The Labute approximate surface area is 140 Å². The summed E-state index contributed by atoms with van der Waals surface area (Å²) in [5, 5.41) is 12.8. The summed E-state index contributed by atoms with van der Waals surface area (Å²) in [4.78, 5) is 12.6. The van der Waals surface area contributed by atoms with Gasteiger partial charge in [0.25, 0.3) is 0 Å². The van der Waals surface area contributed by atoms with Crippen LogP contribution in [0.3, 0.4) is 0 Å². The summed E-state index contributed by atoms with van der Waals surface area (Å²) < 4.78 is 5.36. The summed E-state index contributed by atoms with van der Waals surface area (Å²) in [5.74, 6) is 0.331. The van der Waals surface area contributed by atoms with E-state index in [9.17, 15) is 10.1 Å². The van der Waals surface area contributed by atoms with Crippen molar-refractivity contribution in [3.63, 3.8) is 0 Å². The Morgan fingerprint density at radius 1 is 1.22 bits per heavy atom. The van der Waals surface area contributed by atoms with Crippen LogP contribution in [0.25, 0.3) is 0 Å². The molecule has 0 unspecified atom stereocenters. The molecule has 1 N–H and O–H groups in total. The van der Waals surface area contributed by atoms with Crippen molar-refractivity contribution in [3.05, 3.63) is 59.1 Å². The number of nitrogens with zero attached hydrogens (tertiary/aromatic N) is 1. The lowest BCUT2D eigenvalue weighted by atomic mass is 9.83. The van der Waals surface area contributed by atoms with Crippen LogP contribution in [0.2, 0.25) is 5.02 Å². The molecule has 0 saturated carbocycles. The molecule has 1 amide bonds. The van der Waals surface area contributed by atoms with Crippen molar-refractivity contribution in [2.45, 2.75) is 19.3 Å². The van der Waals surface area contributed by atoms with Crippen LogP contribution in [0.1, 0.15) is 19.4 Å². The predicted molar refractivity (Wildman–Crippen MR) is 90.7 cm³/mol. The lowest BCUT2D eigenvalue weighted by Gasteiger charge is -2.21. The molecule has 0 bridgehead atoms. The molecule has 1 atom stereocenters. The van der Waals surface area contributed by atoms with Crippen LogP contribution in [0, 0.1) is 11.3 Å². The second kappa shape index (κ2) is 7.17. The third-order valence-corrected chi connectivity index (χ3v) is 3.77. The summed E-state index contributed by atoms with van der Waals surface area (Å²) >= 11 is 5.86. The molecule has 2 aromatic rings. The monoisotopic (exact) mass is 328 g/mol. The molecule has 0 aliphatic heterocycles. The molecule has 0 aliphatic rings. The van der Waals surface area contributed by atoms with E-state index in [2.05, 4.69) is 11.4 Å². The van der Waals surface area contributed by atoms with E-state index >= 15 is 0 Å². The van der Waals surface area contributed by atoms with Gasteiger partial charge >= 0.3 is 0 Å². The molecule has 0 fully saturated rings. The predicted octanol–water partition coefficient (Wildman–Crippen LogP) is 4.16. The third-order valence-electron chi connectivity index (χ3n) is 3.52. The number of carbonyl (C=O) groups excluding carboxylic acids is 1. The normalized spacial score (nSPS) is 12.8. The molecule has 0 aliphatic carbocycles. The van der Waals surface area contributed by atoms with Gasteiger partial charge in [0.05, 0.1) is 12.7 Å². The smallest absolute Gasteiger partial charge is 0.249 e. The number of hydrogen-bond acceptors (Lipinski definition) is 3. The van der Waals surface area contributed by atoms with Crippen molar-refractivity contribution >= 4 is 23.2 Å². The number of anilines is 1. The first-order valence-electron chi connectivity index (χ1n) is 7.21. The van der Waals surface area contributed by atoms with Crippen LogP contribution >= 0.6 is 11.6 Å². The van der Waals surface area contributed by atoms with E-state index in [-0.39, 0.29) is 0 Å². The highest BCUT2D eigenvalue weighted by molar-refractivity contribution is 6.30. The molecular formula is C18H17ClN2O2. The quantitative estimate of drug-likeness (QED) is 0.896. The minimum Gasteiger partial charge on any atom is -0.494 e. The Morgan fingerprint density at radius 2 is 1.83 bits per heavy atom. The van der Waals surface area contributed by atoms with Gasteiger partial charge < -0.3 is 10.1 Å². The molecule has 2 rings (SSSR count). The zero-order valence-corrected chi connectivity index (χ0v) is 13.7. The molecule has 0 aromatic heterocycles. The van der Waals surface area contributed by atoms with Crippen LogP contribution in [0.5, 0.6) is 5.75 Å². The summed E-state index contributed by atoms with van der Waals surface area (Å²) in [6, 6.07) is 15.8. The van der Waals surface area contributed by atoms with Crippen LogP contribution in [0.4, 0.5) is 5.69 Å². The Hall–Kier alpha value is -2.51. The molecule has 23 heavy (non-hydrogen) atoms. The number of nitriles is 1. The van der Waals surface area contributed by atoms with Crippen molar-refractivity contribution in [1.82, 2.24) is 0 Å². The van der Waals surface area contributed by atoms with Crippen molar-refractivity contribution in [3.8, 4) is 11.8 Å². The molecule has 5 heteroatoms. The van der Waals surface area contributed by atoms with E-state index in [0.29, 0.717) is 22.9 Å². The molecule has 2 aromatic carbocycles. The molecule has 0 saturated heterocycles. The van der Waals surface area contributed by atoms with E-state index in [1.54, 1.807) is 55.5 Å². The Morgan fingerprint density at radius 3 is 2.35 bits per heavy atom. The number of halogens is 1. The van der Waals surface area contributed by atoms with Gasteiger partial charge in [0, 0.05) is 10.7 Å². The van der Waals surface area contributed by atoms with E-state index in [0.717, 1.165) is 5.75 Å². The lowest BCUT2D eigenvalue weighted by molar-refractivity contribution is -0.119. The van der Waals surface area contributed by atoms with E-state index in [1.165, 1.54) is 0 Å². The first-order valence-corrected chi connectivity index (χ1v) is 7.59. The zero-order chi connectivity index (χ0) is 16.9. The van der Waals surface area contributed by atoms with Gasteiger partial charge in [-0.15, -0.1) is 0 Å². The number of amides is 1. The average molecular weight is 329 g/mol. The number of benzene rings is 2.